The Kier molecular flexibility index (Phi) is 8.89. The molecular formula is C21H32N2O6. The van der Waals surface area contributed by atoms with Crippen LogP contribution in [-0.4, -0.2) is 62.5 Å². The van der Waals surface area contributed by atoms with Gasteiger partial charge < -0.3 is 29.2 Å². The van der Waals surface area contributed by atoms with Crippen LogP contribution in [0.4, 0.5) is 4.79 Å². The number of carbonyl (C=O) groups excluding carboxylic acids is 2. The second-order valence-electron chi connectivity index (χ2n) is 6.53. The molecule has 1 fully saturated rings. The van der Waals surface area contributed by atoms with E-state index in [0.29, 0.717) is 75.2 Å². The lowest BCUT2D eigenvalue weighted by atomic mass is 10.0. The molecule has 2 amide bonds. The van der Waals surface area contributed by atoms with Crippen LogP contribution in [0.3, 0.4) is 0 Å². The minimum Gasteiger partial charge on any atom is -0.490 e. The molecule has 1 aliphatic rings. The van der Waals surface area contributed by atoms with Crippen molar-refractivity contribution < 1.29 is 28.5 Å². The normalized spacial score (nSPS) is 14.3. The highest BCUT2D eigenvalue weighted by atomic mass is 16.5. The lowest BCUT2D eigenvalue weighted by Crippen LogP contribution is -2.46. The first kappa shape index (κ1) is 22.6. The lowest BCUT2D eigenvalue weighted by molar-refractivity contribution is 0.0701. The van der Waals surface area contributed by atoms with Gasteiger partial charge in [-0.3, -0.25) is 4.79 Å². The maximum atomic E-state index is 13.1. The van der Waals surface area contributed by atoms with E-state index >= 15 is 0 Å². The number of piperidine rings is 1. The Labute approximate surface area is 172 Å². The molecule has 0 radical (unpaired) electrons. The van der Waals surface area contributed by atoms with Crippen LogP contribution in [0, 0.1) is 0 Å². The van der Waals surface area contributed by atoms with Crippen LogP contribution < -0.4 is 19.5 Å². The van der Waals surface area contributed by atoms with Gasteiger partial charge in [-0.15, -0.1) is 0 Å². The summed E-state index contributed by atoms with van der Waals surface area (Å²) in [6.45, 7) is 10.2. The van der Waals surface area contributed by atoms with Gasteiger partial charge in [0.15, 0.2) is 11.5 Å². The molecule has 1 aromatic rings. The predicted octanol–water partition coefficient (Wildman–Crippen LogP) is 3.23. The highest BCUT2D eigenvalue weighted by Gasteiger charge is 2.27. The highest BCUT2D eigenvalue weighted by molar-refractivity contribution is 5.95. The van der Waals surface area contributed by atoms with E-state index in [-0.39, 0.29) is 11.9 Å². The second kappa shape index (κ2) is 11.4. The molecule has 0 bridgehead atoms. The topological polar surface area (TPSA) is 86.3 Å². The van der Waals surface area contributed by atoms with Crippen molar-refractivity contribution in [3.8, 4) is 17.2 Å². The van der Waals surface area contributed by atoms with Gasteiger partial charge in [0.05, 0.1) is 26.4 Å². The SMILES string of the molecule is CCOC(=O)NC1CCN(C(=O)c2cc(OCC)c(OCC)c(OCC)c2)CC1. The Morgan fingerprint density at radius 1 is 0.931 bits per heavy atom. The largest absolute Gasteiger partial charge is 0.490 e. The summed E-state index contributed by atoms with van der Waals surface area (Å²) in [6, 6.07) is 3.43. The van der Waals surface area contributed by atoms with Crippen LogP contribution in [0.1, 0.15) is 50.9 Å². The third kappa shape index (κ3) is 6.17. The number of hydrogen-bond acceptors (Lipinski definition) is 6. The van der Waals surface area contributed by atoms with Crippen LogP contribution in [0.15, 0.2) is 12.1 Å². The molecule has 0 saturated carbocycles. The Hall–Kier alpha value is -2.64. The number of carbonyl (C=O) groups is 2. The molecule has 0 spiro atoms. The van der Waals surface area contributed by atoms with Crippen molar-refractivity contribution >= 4 is 12.0 Å². The smallest absolute Gasteiger partial charge is 0.407 e. The number of ether oxygens (including phenoxy) is 4. The summed E-state index contributed by atoms with van der Waals surface area (Å²) in [4.78, 5) is 26.4. The molecule has 0 atom stereocenters. The van der Waals surface area contributed by atoms with Crippen molar-refractivity contribution in [3.63, 3.8) is 0 Å². The molecule has 1 aromatic carbocycles. The van der Waals surface area contributed by atoms with E-state index in [0.717, 1.165) is 0 Å². The fraction of sp³-hybridized carbons (Fsp3) is 0.619. The molecule has 0 unspecified atom stereocenters. The molecule has 162 valence electrons. The Bertz CT molecular complexity index is 659. The van der Waals surface area contributed by atoms with Gasteiger partial charge >= 0.3 is 6.09 Å². The summed E-state index contributed by atoms with van der Waals surface area (Å²) in [7, 11) is 0. The summed E-state index contributed by atoms with van der Waals surface area (Å²) >= 11 is 0. The van der Waals surface area contributed by atoms with E-state index in [9.17, 15) is 9.59 Å². The monoisotopic (exact) mass is 408 g/mol. The summed E-state index contributed by atoms with van der Waals surface area (Å²) in [5.41, 5.74) is 0.497. The summed E-state index contributed by atoms with van der Waals surface area (Å²) < 4.78 is 22.0. The van der Waals surface area contributed by atoms with Crippen LogP contribution in [0.2, 0.25) is 0 Å². The number of likely N-dealkylation sites (tertiary alicyclic amines) is 1. The van der Waals surface area contributed by atoms with Crippen molar-refractivity contribution in [2.75, 3.05) is 39.5 Å². The maximum absolute atomic E-state index is 13.1. The van der Waals surface area contributed by atoms with E-state index in [2.05, 4.69) is 5.32 Å². The Morgan fingerprint density at radius 2 is 1.48 bits per heavy atom. The van der Waals surface area contributed by atoms with Crippen LogP contribution in [0.5, 0.6) is 17.2 Å². The first-order valence-electron chi connectivity index (χ1n) is 10.3. The van der Waals surface area contributed by atoms with Crippen LogP contribution in [0.25, 0.3) is 0 Å². The van der Waals surface area contributed by atoms with Crippen molar-refractivity contribution in [2.24, 2.45) is 0 Å². The van der Waals surface area contributed by atoms with Gasteiger partial charge in [0.2, 0.25) is 5.75 Å². The van der Waals surface area contributed by atoms with E-state index in [1.807, 2.05) is 20.8 Å². The average Bonchev–Trinajstić information content (AvgIpc) is 2.71. The average molecular weight is 408 g/mol. The highest BCUT2D eigenvalue weighted by Crippen LogP contribution is 2.39. The number of rotatable bonds is 9. The molecule has 1 heterocycles. The first-order chi connectivity index (χ1) is 14.0. The van der Waals surface area contributed by atoms with Gasteiger partial charge in [0.25, 0.3) is 5.91 Å². The molecule has 0 aliphatic carbocycles. The quantitative estimate of drug-likeness (QED) is 0.675. The molecule has 8 nitrogen and oxygen atoms in total. The minimum absolute atomic E-state index is 0.0106. The third-order valence-electron chi connectivity index (χ3n) is 4.54. The molecule has 1 aliphatic heterocycles. The van der Waals surface area contributed by atoms with Crippen LogP contribution in [-0.2, 0) is 4.74 Å². The van der Waals surface area contributed by atoms with Crippen molar-refractivity contribution in [2.45, 2.75) is 46.6 Å². The molecule has 1 N–H and O–H groups in total. The van der Waals surface area contributed by atoms with Crippen molar-refractivity contribution in [3.05, 3.63) is 17.7 Å². The Morgan fingerprint density at radius 3 is 1.97 bits per heavy atom. The van der Waals surface area contributed by atoms with Gasteiger partial charge in [-0.25, -0.2) is 4.79 Å². The number of hydrogen-bond donors (Lipinski definition) is 1. The standard InChI is InChI=1S/C21H32N2O6/c1-5-26-17-13-15(14-18(27-6-2)19(17)28-7-3)20(24)23-11-9-16(10-12-23)22-21(25)29-8-4/h13-14,16H,5-12H2,1-4H3,(H,22,25). The molecule has 0 aromatic heterocycles. The zero-order valence-electron chi connectivity index (χ0n) is 17.8. The number of nitrogens with zero attached hydrogens (tertiary/aromatic N) is 1. The number of alkyl carbamates (subject to hydrolysis) is 1. The fourth-order valence-electron chi connectivity index (χ4n) is 3.26. The van der Waals surface area contributed by atoms with Gasteiger partial charge in [0, 0.05) is 24.7 Å². The second-order valence-corrected chi connectivity index (χ2v) is 6.53. The molecule has 8 heteroatoms. The fourth-order valence-corrected chi connectivity index (χ4v) is 3.26. The van der Waals surface area contributed by atoms with Gasteiger partial charge in [-0.1, -0.05) is 0 Å². The summed E-state index contributed by atoms with van der Waals surface area (Å²) in [5, 5.41) is 2.84. The lowest BCUT2D eigenvalue weighted by Gasteiger charge is -2.32. The number of benzene rings is 1. The zero-order chi connectivity index (χ0) is 21.2. The van der Waals surface area contributed by atoms with E-state index < -0.39 is 6.09 Å². The van der Waals surface area contributed by atoms with E-state index in [1.165, 1.54) is 0 Å². The van der Waals surface area contributed by atoms with Gasteiger partial charge in [0.1, 0.15) is 0 Å². The number of nitrogens with one attached hydrogen (secondary N) is 1. The third-order valence-corrected chi connectivity index (χ3v) is 4.54. The van der Waals surface area contributed by atoms with E-state index in [1.54, 1.807) is 24.0 Å². The maximum Gasteiger partial charge on any atom is 0.407 e. The Balaban J connectivity index is 2.13. The molecular weight excluding hydrogens is 376 g/mol. The van der Waals surface area contributed by atoms with Crippen LogP contribution >= 0.6 is 0 Å². The number of amides is 2. The molecule has 29 heavy (non-hydrogen) atoms. The molecule has 2 rings (SSSR count). The summed E-state index contributed by atoms with van der Waals surface area (Å²) in [6.07, 6.45) is 0.947. The van der Waals surface area contributed by atoms with E-state index in [4.69, 9.17) is 18.9 Å². The minimum atomic E-state index is -0.411. The summed E-state index contributed by atoms with van der Waals surface area (Å²) in [5.74, 6) is 1.43. The first-order valence-corrected chi connectivity index (χ1v) is 10.3. The van der Waals surface area contributed by atoms with Gasteiger partial charge in [-0.05, 0) is 52.7 Å². The zero-order valence-corrected chi connectivity index (χ0v) is 17.8. The van der Waals surface area contributed by atoms with Crippen molar-refractivity contribution in [1.82, 2.24) is 10.2 Å². The van der Waals surface area contributed by atoms with Gasteiger partial charge in [-0.2, -0.15) is 0 Å². The van der Waals surface area contributed by atoms with Crippen molar-refractivity contribution in [1.29, 1.82) is 0 Å². The molecule has 1 saturated heterocycles. The predicted molar refractivity (Wildman–Crippen MR) is 109 cm³/mol.